The third kappa shape index (κ3) is 1.07. The Morgan fingerprint density at radius 2 is 2.62 bits per heavy atom. The van der Waals surface area contributed by atoms with E-state index in [2.05, 4.69) is 6.58 Å². The summed E-state index contributed by atoms with van der Waals surface area (Å²) < 4.78 is 9.82. The molecule has 1 heterocycles. The van der Waals surface area contributed by atoms with E-state index in [-0.39, 0.29) is 6.10 Å². The Morgan fingerprint density at radius 1 is 1.88 bits per heavy atom. The van der Waals surface area contributed by atoms with Crippen molar-refractivity contribution in [1.29, 1.82) is 0 Å². The molecule has 1 fully saturated rings. The highest BCUT2D eigenvalue weighted by Crippen LogP contribution is 2.12. The van der Waals surface area contributed by atoms with E-state index in [9.17, 15) is 0 Å². The largest absolute Gasteiger partial charge is 0.462 e. The molecule has 1 atom stereocenters. The number of hydrogen-bond acceptors (Lipinski definition) is 2. The minimum absolute atomic E-state index is 0.0177. The van der Waals surface area contributed by atoms with Crippen molar-refractivity contribution in [2.75, 3.05) is 12.5 Å². The number of alkyl halides is 1. The SMILES string of the molecule is C=C1OC[C@@H](CCl)O1. The van der Waals surface area contributed by atoms with Gasteiger partial charge in [-0.05, 0) is 6.58 Å². The van der Waals surface area contributed by atoms with Crippen molar-refractivity contribution >= 4 is 11.6 Å². The van der Waals surface area contributed by atoms with Gasteiger partial charge in [0, 0.05) is 0 Å². The minimum Gasteiger partial charge on any atom is -0.462 e. The Bertz CT molecular complexity index is 103. The summed E-state index contributed by atoms with van der Waals surface area (Å²) in [7, 11) is 0. The van der Waals surface area contributed by atoms with Crippen LogP contribution in [0.25, 0.3) is 0 Å². The third-order valence-electron chi connectivity index (χ3n) is 0.900. The fourth-order valence-corrected chi connectivity index (χ4v) is 0.668. The molecule has 1 aliphatic heterocycles. The van der Waals surface area contributed by atoms with Gasteiger partial charge < -0.3 is 9.47 Å². The summed E-state index contributed by atoms with van der Waals surface area (Å²) in [6.07, 6.45) is 0.0177. The van der Waals surface area contributed by atoms with Crippen LogP contribution in [0.1, 0.15) is 0 Å². The molecule has 8 heavy (non-hydrogen) atoms. The highest BCUT2D eigenvalue weighted by Gasteiger charge is 2.18. The molecule has 1 aliphatic rings. The van der Waals surface area contributed by atoms with E-state index in [1.807, 2.05) is 0 Å². The first-order valence-corrected chi connectivity index (χ1v) is 2.90. The topological polar surface area (TPSA) is 18.5 Å². The van der Waals surface area contributed by atoms with E-state index in [0.29, 0.717) is 18.4 Å². The summed E-state index contributed by atoms with van der Waals surface area (Å²) in [4.78, 5) is 0. The molecule has 1 rings (SSSR count). The van der Waals surface area contributed by atoms with E-state index in [1.54, 1.807) is 0 Å². The van der Waals surface area contributed by atoms with E-state index in [4.69, 9.17) is 21.1 Å². The summed E-state index contributed by atoms with van der Waals surface area (Å²) in [6.45, 7) is 3.99. The Hall–Kier alpha value is -0.370. The molecule has 3 heteroatoms. The van der Waals surface area contributed by atoms with Gasteiger partial charge in [-0.1, -0.05) is 0 Å². The second kappa shape index (κ2) is 2.27. The molecule has 0 amide bonds. The highest BCUT2D eigenvalue weighted by molar-refractivity contribution is 6.18. The molecule has 1 saturated heterocycles. The van der Waals surface area contributed by atoms with Crippen molar-refractivity contribution in [2.24, 2.45) is 0 Å². The summed E-state index contributed by atoms with van der Waals surface area (Å²) >= 11 is 5.43. The van der Waals surface area contributed by atoms with Crippen LogP contribution in [-0.2, 0) is 9.47 Å². The van der Waals surface area contributed by atoms with Gasteiger partial charge in [0.25, 0.3) is 5.95 Å². The van der Waals surface area contributed by atoms with Crippen LogP contribution in [0.15, 0.2) is 12.5 Å². The van der Waals surface area contributed by atoms with Crippen molar-refractivity contribution in [2.45, 2.75) is 6.10 Å². The maximum absolute atomic E-state index is 5.43. The van der Waals surface area contributed by atoms with Crippen molar-refractivity contribution in [1.82, 2.24) is 0 Å². The van der Waals surface area contributed by atoms with Gasteiger partial charge in [0.1, 0.15) is 12.7 Å². The van der Waals surface area contributed by atoms with Crippen LogP contribution in [0.4, 0.5) is 0 Å². The van der Waals surface area contributed by atoms with Crippen LogP contribution in [0.3, 0.4) is 0 Å². The molecule has 0 aromatic carbocycles. The molecule has 0 aromatic rings. The average Bonchev–Trinajstić information content (AvgIpc) is 2.14. The Balaban J connectivity index is 2.32. The fourth-order valence-electron chi connectivity index (χ4n) is 0.516. The van der Waals surface area contributed by atoms with Crippen molar-refractivity contribution in [3.8, 4) is 0 Å². The van der Waals surface area contributed by atoms with E-state index in [1.165, 1.54) is 0 Å². The van der Waals surface area contributed by atoms with Gasteiger partial charge in [0.15, 0.2) is 0 Å². The molecule has 0 radical (unpaired) electrons. The lowest BCUT2D eigenvalue weighted by atomic mass is 10.4. The zero-order valence-electron chi connectivity index (χ0n) is 4.39. The fraction of sp³-hybridized carbons (Fsp3) is 0.600. The predicted octanol–water partition coefficient (Wildman–Crippen LogP) is 1.11. The normalized spacial score (nSPS) is 27.1. The van der Waals surface area contributed by atoms with Crippen LogP contribution in [0, 0.1) is 0 Å². The smallest absolute Gasteiger partial charge is 0.272 e. The van der Waals surface area contributed by atoms with Gasteiger partial charge >= 0.3 is 0 Å². The van der Waals surface area contributed by atoms with Crippen LogP contribution < -0.4 is 0 Å². The van der Waals surface area contributed by atoms with Gasteiger partial charge in [-0.15, -0.1) is 11.6 Å². The summed E-state index contributed by atoms with van der Waals surface area (Å²) in [6, 6.07) is 0. The lowest BCUT2D eigenvalue weighted by Gasteiger charge is -1.98. The molecular weight excluding hydrogens is 128 g/mol. The Kier molecular flexibility index (Phi) is 1.63. The zero-order valence-corrected chi connectivity index (χ0v) is 5.15. The van der Waals surface area contributed by atoms with Gasteiger partial charge in [-0.3, -0.25) is 0 Å². The first-order chi connectivity index (χ1) is 3.83. The highest BCUT2D eigenvalue weighted by atomic mass is 35.5. The standard InChI is InChI=1S/C5H7ClO2/c1-4-7-3-5(2-6)8-4/h5H,1-3H2/t5-/m1/s1. The Labute approximate surface area is 53.0 Å². The van der Waals surface area contributed by atoms with Gasteiger partial charge in [-0.25, -0.2) is 0 Å². The van der Waals surface area contributed by atoms with E-state index in [0.717, 1.165) is 0 Å². The van der Waals surface area contributed by atoms with Gasteiger partial charge in [-0.2, -0.15) is 0 Å². The van der Waals surface area contributed by atoms with E-state index < -0.39 is 0 Å². The first kappa shape index (κ1) is 5.76. The average molecular weight is 135 g/mol. The lowest BCUT2D eigenvalue weighted by Crippen LogP contribution is -2.09. The lowest BCUT2D eigenvalue weighted by molar-refractivity contribution is 0.154. The molecule has 0 bridgehead atoms. The third-order valence-corrected chi connectivity index (χ3v) is 1.24. The van der Waals surface area contributed by atoms with Crippen LogP contribution in [-0.4, -0.2) is 18.6 Å². The van der Waals surface area contributed by atoms with Crippen LogP contribution >= 0.6 is 11.6 Å². The van der Waals surface area contributed by atoms with Crippen LogP contribution in [0.2, 0.25) is 0 Å². The summed E-state index contributed by atoms with van der Waals surface area (Å²) in [5, 5.41) is 0. The minimum atomic E-state index is 0.0177. The monoisotopic (exact) mass is 134 g/mol. The second-order valence-corrected chi connectivity index (χ2v) is 1.89. The molecule has 0 aromatic heterocycles. The molecule has 0 unspecified atom stereocenters. The molecule has 2 nitrogen and oxygen atoms in total. The molecule has 46 valence electrons. The quantitative estimate of drug-likeness (QED) is 0.501. The first-order valence-electron chi connectivity index (χ1n) is 2.37. The number of hydrogen-bond donors (Lipinski definition) is 0. The maximum atomic E-state index is 5.43. The number of rotatable bonds is 1. The zero-order chi connectivity index (χ0) is 5.98. The summed E-state index contributed by atoms with van der Waals surface area (Å²) in [5.74, 6) is 0.856. The molecule has 0 aliphatic carbocycles. The van der Waals surface area contributed by atoms with Crippen molar-refractivity contribution in [3.05, 3.63) is 12.5 Å². The predicted molar refractivity (Wildman–Crippen MR) is 30.7 cm³/mol. The van der Waals surface area contributed by atoms with Gasteiger partial charge in [0.05, 0.1) is 5.88 Å². The molecule has 0 spiro atoms. The number of ether oxygens (including phenoxy) is 2. The molecule has 0 N–H and O–H groups in total. The van der Waals surface area contributed by atoms with E-state index >= 15 is 0 Å². The van der Waals surface area contributed by atoms with Crippen molar-refractivity contribution in [3.63, 3.8) is 0 Å². The van der Waals surface area contributed by atoms with Crippen LogP contribution in [0.5, 0.6) is 0 Å². The summed E-state index contributed by atoms with van der Waals surface area (Å²) in [5.41, 5.74) is 0. The maximum Gasteiger partial charge on any atom is 0.272 e. The van der Waals surface area contributed by atoms with Gasteiger partial charge in [0.2, 0.25) is 0 Å². The molecular formula is C5H7ClO2. The number of halogens is 1. The molecule has 0 saturated carbocycles. The second-order valence-electron chi connectivity index (χ2n) is 1.58. The van der Waals surface area contributed by atoms with Crippen molar-refractivity contribution < 1.29 is 9.47 Å². The Morgan fingerprint density at radius 3 is 2.88 bits per heavy atom.